The van der Waals surface area contributed by atoms with Gasteiger partial charge in [0.25, 0.3) is 0 Å². The maximum Gasteiger partial charge on any atom is 0.114 e. The Kier molecular flexibility index (Phi) is 17.2. The van der Waals surface area contributed by atoms with Crippen LogP contribution in [0.1, 0.15) is 66.8 Å². The Balaban J connectivity index is 0.806. The van der Waals surface area contributed by atoms with E-state index in [0.29, 0.717) is 0 Å². The summed E-state index contributed by atoms with van der Waals surface area (Å²) in [6.45, 7) is 0. The highest BCUT2D eigenvalue weighted by Gasteiger charge is 2.24. The van der Waals surface area contributed by atoms with Crippen LogP contribution in [0.4, 0.5) is 0 Å². The fourth-order valence-corrected chi connectivity index (χ4v) is 16.3. The Hall–Kier alpha value is -11.7. The molecule has 2 nitrogen and oxygen atoms in total. The Morgan fingerprint density at radius 1 is 0.186 bits per heavy atom. The minimum Gasteiger partial charge on any atom is -0.172 e. The Morgan fingerprint density at radius 2 is 0.433 bits per heavy atom. The summed E-state index contributed by atoms with van der Waals surface area (Å²) in [7, 11) is 0. The van der Waals surface area contributed by atoms with Crippen molar-refractivity contribution in [3.05, 3.63) is 443 Å². The lowest BCUT2D eigenvalue weighted by molar-refractivity contribution is 1.50. The van der Waals surface area contributed by atoms with E-state index in [1.165, 1.54) is 77.9 Å². The van der Waals surface area contributed by atoms with Gasteiger partial charge in [0.15, 0.2) is 0 Å². The van der Waals surface area contributed by atoms with Crippen molar-refractivity contribution in [1.29, 1.82) is 0 Å². The van der Waals surface area contributed by atoms with Gasteiger partial charge in [0.1, 0.15) is 11.0 Å². The van der Waals surface area contributed by atoms with E-state index >= 15 is 0 Å². The van der Waals surface area contributed by atoms with E-state index in [9.17, 15) is 0 Å². The van der Waals surface area contributed by atoms with Crippen LogP contribution in [0.5, 0.6) is 0 Å². The highest BCUT2D eigenvalue weighted by atomic mass is 32.1. The molecule has 0 aliphatic carbocycles. The summed E-state index contributed by atoms with van der Waals surface area (Å²) in [6.07, 6.45) is 0. The third kappa shape index (κ3) is 12.4. The van der Waals surface area contributed by atoms with Gasteiger partial charge in [0.05, 0.1) is 11.7 Å². The molecule has 0 unspecified atom stereocenters. The molecule has 0 aliphatic heterocycles. The number of thiophene rings is 2. The predicted octanol–water partition coefficient (Wildman–Crippen LogP) is 25.2. The van der Waals surface area contributed by atoms with Gasteiger partial charge in [-0.15, -0.1) is 22.7 Å². The van der Waals surface area contributed by atoms with Crippen LogP contribution in [0, 0.1) is 0 Å². The monoisotopic (exact) mass is 1290 g/mol. The van der Waals surface area contributed by atoms with Crippen LogP contribution in [-0.4, -0.2) is 8.75 Å². The second-order valence-electron chi connectivity index (χ2n) is 23.9. The zero-order chi connectivity index (χ0) is 64.7. The van der Waals surface area contributed by atoms with E-state index < -0.39 is 0 Å². The minimum atomic E-state index is 0.896. The fraction of sp³-hybridized carbons (Fsp3) is 0. The SMILES string of the molecule is c1ccc(C(=C(c2ccccc2)c2ccc(-c3ccc(-c4ccc(-c5sc(-c6ccc(C(=C(c7ccccc7)c7ccccc7)c7ccccc7)cc6)cc5-c5ccc(C(=C(c6ccccc6)c6ccccc6)c6ccccc6)cc5)c5nsnc45)s3)cc2)c2ccccc2)cc1. The summed E-state index contributed by atoms with van der Waals surface area (Å²) in [5.74, 6) is 0. The number of fused-ring (bicyclic) bond motifs is 1. The molecule has 0 amide bonds. The average molecular weight is 1290 g/mol. The van der Waals surface area contributed by atoms with Gasteiger partial charge in [-0.05, 0) is 135 Å². The first-order chi connectivity index (χ1) is 48.1. The van der Waals surface area contributed by atoms with Crippen LogP contribution >= 0.6 is 34.4 Å². The molecule has 458 valence electrons. The van der Waals surface area contributed by atoms with Crippen LogP contribution in [-0.2, 0) is 0 Å². The molecule has 0 saturated carbocycles. The first-order valence-corrected chi connectivity index (χ1v) is 35.1. The summed E-state index contributed by atoms with van der Waals surface area (Å²) in [5, 5.41) is 0. The van der Waals surface area contributed by atoms with Crippen LogP contribution in [0.2, 0.25) is 0 Å². The van der Waals surface area contributed by atoms with E-state index in [1.54, 1.807) is 11.3 Å². The highest BCUT2D eigenvalue weighted by Crippen LogP contribution is 2.49. The number of aromatic nitrogens is 2. The molecule has 16 aromatic rings. The molecule has 0 fully saturated rings. The van der Waals surface area contributed by atoms with Crippen molar-refractivity contribution in [2.75, 3.05) is 0 Å². The molecule has 3 heterocycles. The van der Waals surface area contributed by atoms with Gasteiger partial charge in [-0.1, -0.05) is 358 Å². The quantitative estimate of drug-likeness (QED) is 0.0849. The normalized spacial score (nSPS) is 11.1. The van der Waals surface area contributed by atoms with Gasteiger partial charge in [-0.3, -0.25) is 0 Å². The van der Waals surface area contributed by atoms with Gasteiger partial charge < -0.3 is 0 Å². The largest absolute Gasteiger partial charge is 0.172 e. The molecule has 3 aromatic heterocycles. The number of nitrogens with zero attached hydrogens (tertiary/aromatic N) is 2. The lowest BCUT2D eigenvalue weighted by Crippen LogP contribution is -1.97. The molecule has 5 heteroatoms. The van der Waals surface area contributed by atoms with Crippen molar-refractivity contribution >= 4 is 78.9 Å². The van der Waals surface area contributed by atoms with Gasteiger partial charge in [0.2, 0.25) is 0 Å². The average Bonchev–Trinajstić information content (AvgIpc) is 1.67. The lowest BCUT2D eigenvalue weighted by atomic mass is 9.85. The van der Waals surface area contributed by atoms with Crippen LogP contribution in [0.15, 0.2) is 376 Å². The van der Waals surface area contributed by atoms with E-state index in [1.807, 2.05) is 11.3 Å². The van der Waals surface area contributed by atoms with Crippen molar-refractivity contribution in [3.8, 4) is 52.9 Å². The first-order valence-electron chi connectivity index (χ1n) is 32.7. The van der Waals surface area contributed by atoms with Crippen molar-refractivity contribution in [1.82, 2.24) is 8.75 Å². The molecular formula is C92H62N2S3. The number of hydrogen-bond donors (Lipinski definition) is 0. The van der Waals surface area contributed by atoms with E-state index in [4.69, 9.17) is 8.75 Å². The maximum absolute atomic E-state index is 5.17. The Bertz CT molecular complexity index is 5330. The number of benzene rings is 13. The lowest BCUT2D eigenvalue weighted by Gasteiger charge is -2.18. The molecule has 0 radical (unpaired) electrons. The third-order valence-corrected chi connectivity index (χ3v) is 20.9. The minimum absolute atomic E-state index is 0.896. The first kappa shape index (κ1) is 60.3. The zero-order valence-corrected chi connectivity index (χ0v) is 55.4. The molecular weight excluding hydrogens is 1230 g/mol. The topological polar surface area (TPSA) is 25.8 Å². The zero-order valence-electron chi connectivity index (χ0n) is 52.9. The van der Waals surface area contributed by atoms with Crippen molar-refractivity contribution in [3.63, 3.8) is 0 Å². The highest BCUT2D eigenvalue weighted by molar-refractivity contribution is 7.20. The molecule has 0 saturated heterocycles. The van der Waals surface area contributed by atoms with Gasteiger partial charge in [-0.25, -0.2) is 0 Å². The maximum atomic E-state index is 5.17. The predicted molar refractivity (Wildman–Crippen MR) is 413 cm³/mol. The summed E-state index contributed by atoms with van der Waals surface area (Å²) in [4.78, 5) is 4.63. The summed E-state index contributed by atoms with van der Waals surface area (Å²) >= 11 is 4.89. The number of hydrogen-bond acceptors (Lipinski definition) is 5. The van der Waals surface area contributed by atoms with E-state index in [-0.39, 0.29) is 0 Å². The Labute approximate surface area is 579 Å². The Morgan fingerprint density at radius 3 is 0.742 bits per heavy atom. The van der Waals surface area contributed by atoms with Crippen molar-refractivity contribution < 1.29 is 0 Å². The molecule has 0 aliphatic rings. The van der Waals surface area contributed by atoms with Gasteiger partial charge in [-0.2, -0.15) is 8.75 Å². The van der Waals surface area contributed by atoms with Gasteiger partial charge >= 0.3 is 0 Å². The molecule has 0 spiro atoms. The summed E-state index contributed by atoms with van der Waals surface area (Å²) in [6, 6.07) is 136. The molecule has 0 N–H and O–H groups in total. The van der Waals surface area contributed by atoms with E-state index in [0.717, 1.165) is 98.0 Å². The van der Waals surface area contributed by atoms with Crippen molar-refractivity contribution in [2.24, 2.45) is 0 Å². The smallest absolute Gasteiger partial charge is 0.114 e. The summed E-state index contributed by atoms with van der Waals surface area (Å²) in [5.41, 5.74) is 29.5. The standard InChI is InChI=1S/C92H62N2S3/c1-10-28-66(29-11-1)84(67-30-12-2-13-31-67)87(72-40-22-7-23-41-72)75-52-46-63(47-53-75)80-62-83(65-50-56-77(57-51-65)89(74-44-26-9-27-45-74)86(70-36-18-5-19-37-70)71-38-20-6-21-39-71)96-92(80)79-59-58-78(90-91(79)94-97-93-90)82-61-60-81(95-82)64-48-54-76(55-49-64)88(73-42-24-8-25-43-73)85(68-32-14-3-15-33-68)69-34-16-4-17-35-69/h1-62H. The second-order valence-corrected chi connectivity index (χ2v) is 26.6. The van der Waals surface area contributed by atoms with Crippen molar-refractivity contribution in [2.45, 2.75) is 0 Å². The molecule has 16 rings (SSSR count). The van der Waals surface area contributed by atoms with Crippen LogP contribution in [0.25, 0.3) is 97.4 Å². The molecule has 0 atom stereocenters. The van der Waals surface area contributed by atoms with Crippen LogP contribution < -0.4 is 0 Å². The second kappa shape index (κ2) is 27.7. The third-order valence-electron chi connectivity index (χ3n) is 18.0. The van der Waals surface area contributed by atoms with Crippen LogP contribution in [0.3, 0.4) is 0 Å². The molecule has 97 heavy (non-hydrogen) atoms. The van der Waals surface area contributed by atoms with Gasteiger partial charge in [0, 0.05) is 36.2 Å². The number of rotatable bonds is 17. The summed E-state index contributed by atoms with van der Waals surface area (Å²) < 4.78 is 10.3. The molecule has 0 bridgehead atoms. The fourth-order valence-electron chi connectivity index (χ4n) is 13.4. The molecule has 13 aromatic carbocycles. The van der Waals surface area contributed by atoms with E-state index in [2.05, 4.69) is 376 Å².